The minimum absolute atomic E-state index is 0.114. The lowest BCUT2D eigenvalue weighted by Crippen LogP contribution is -2.46. The fourth-order valence-electron chi connectivity index (χ4n) is 3.01. The maximum atomic E-state index is 12.6. The number of hydrogen-bond acceptors (Lipinski definition) is 4. The Bertz CT molecular complexity index is 669. The highest BCUT2D eigenvalue weighted by atomic mass is 32.2. The number of nitrogens with two attached hydrogens (primary N) is 1. The largest absolute Gasteiger partial charge is 0.340 e. The van der Waals surface area contributed by atoms with Gasteiger partial charge in [-0.3, -0.25) is 4.79 Å². The van der Waals surface area contributed by atoms with Gasteiger partial charge >= 0.3 is 0 Å². The fourth-order valence-corrected chi connectivity index (χ4v) is 3.49. The molecule has 1 aromatic heterocycles. The number of nitrogens with zero attached hydrogens (tertiary/aromatic N) is 3. The van der Waals surface area contributed by atoms with Gasteiger partial charge in [0.1, 0.15) is 12.4 Å². The quantitative estimate of drug-likeness (QED) is 0.934. The van der Waals surface area contributed by atoms with Gasteiger partial charge in [0, 0.05) is 19.1 Å². The third kappa shape index (κ3) is 3.13. The summed E-state index contributed by atoms with van der Waals surface area (Å²) in [6.45, 7) is 1.84. The molecule has 0 spiro atoms. The molecular weight excluding hydrogens is 296 g/mol. The van der Waals surface area contributed by atoms with Crippen molar-refractivity contribution >= 4 is 28.7 Å². The first kappa shape index (κ1) is 15.4. The summed E-state index contributed by atoms with van der Waals surface area (Å²) in [6.07, 6.45) is 4.06. The summed E-state index contributed by atoms with van der Waals surface area (Å²) in [5.41, 5.74) is 7.97. The SMILES string of the molecule is CSCc1nc2ccccc2n1CC(=O)N1CCCC(N)C1. The third-order valence-electron chi connectivity index (χ3n) is 4.11. The first-order valence-electron chi connectivity index (χ1n) is 7.65. The Kier molecular flexibility index (Phi) is 4.69. The first-order chi connectivity index (χ1) is 10.7. The number of fused-ring (bicyclic) bond motifs is 1. The normalized spacial score (nSPS) is 18.8. The summed E-state index contributed by atoms with van der Waals surface area (Å²) in [5, 5.41) is 0. The van der Waals surface area contributed by atoms with E-state index >= 15 is 0 Å². The molecule has 118 valence electrons. The molecule has 0 saturated carbocycles. The number of rotatable bonds is 4. The minimum atomic E-state index is 0.114. The van der Waals surface area contributed by atoms with Crippen molar-refractivity contribution in [2.45, 2.75) is 31.2 Å². The molecule has 0 radical (unpaired) electrons. The van der Waals surface area contributed by atoms with Crippen LogP contribution in [0.15, 0.2) is 24.3 Å². The number of thioether (sulfide) groups is 1. The van der Waals surface area contributed by atoms with Crippen LogP contribution in [0.5, 0.6) is 0 Å². The number of amides is 1. The van der Waals surface area contributed by atoms with E-state index in [0.29, 0.717) is 13.1 Å². The van der Waals surface area contributed by atoms with Crippen LogP contribution >= 0.6 is 11.8 Å². The summed E-state index contributed by atoms with van der Waals surface area (Å²) in [5.74, 6) is 1.91. The molecule has 1 aromatic carbocycles. The Labute approximate surface area is 134 Å². The average Bonchev–Trinajstić information content (AvgIpc) is 2.85. The van der Waals surface area contributed by atoms with Gasteiger partial charge in [-0.05, 0) is 31.2 Å². The highest BCUT2D eigenvalue weighted by Crippen LogP contribution is 2.19. The molecule has 3 rings (SSSR count). The zero-order valence-corrected chi connectivity index (χ0v) is 13.7. The van der Waals surface area contributed by atoms with E-state index in [0.717, 1.165) is 42.0 Å². The van der Waals surface area contributed by atoms with Crippen LogP contribution in [0.3, 0.4) is 0 Å². The van der Waals surface area contributed by atoms with Gasteiger partial charge in [0.15, 0.2) is 0 Å². The predicted molar refractivity (Wildman–Crippen MR) is 90.7 cm³/mol. The molecule has 1 amide bonds. The van der Waals surface area contributed by atoms with Gasteiger partial charge in [-0.1, -0.05) is 12.1 Å². The second-order valence-corrected chi connectivity index (χ2v) is 6.64. The van der Waals surface area contributed by atoms with E-state index in [4.69, 9.17) is 5.73 Å². The zero-order chi connectivity index (χ0) is 15.5. The molecule has 1 fully saturated rings. The van der Waals surface area contributed by atoms with Gasteiger partial charge in [-0.15, -0.1) is 0 Å². The van der Waals surface area contributed by atoms with Crippen molar-refractivity contribution in [1.29, 1.82) is 0 Å². The number of para-hydroxylation sites is 2. The lowest BCUT2D eigenvalue weighted by Gasteiger charge is -2.31. The van der Waals surface area contributed by atoms with E-state index in [-0.39, 0.29) is 11.9 Å². The summed E-state index contributed by atoms with van der Waals surface area (Å²) in [6, 6.07) is 8.11. The van der Waals surface area contributed by atoms with E-state index in [1.54, 1.807) is 11.8 Å². The molecule has 1 atom stereocenters. The number of imidazole rings is 1. The number of carbonyl (C=O) groups excluding carboxylic acids is 1. The van der Waals surface area contributed by atoms with Crippen molar-refractivity contribution in [2.24, 2.45) is 5.73 Å². The van der Waals surface area contributed by atoms with E-state index in [9.17, 15) is 4.79 Å². The van der Waals surface area contributed by atoms with Gasteiger partial charge in [0.2, 0.25) is 5.91 Å². The van der Waals surface area contributed by atoms with Crippen LogP contribution in [-0.2, 0) is 17.1 Å². The zero-order valence-electron chi connectivity index (χ0n) is 12.9. The molecule has 2 heterocycles. The Morgan fingerprint density at radius 2 is 2.27 bits per heavy atom. The van der Waals surface area contributed by atoms with Crippen LogP contribution in [0.2, 0.25) is 0 Å². The standard InChI is InChI=1S/C16H22N4OS/c1-22-11-15-18-13-6-2-3-7-14(13)20(15)10-16(21)19-8-4-5-12(17)9-19/h2-3,6-7,12H,4-5,8-11,17H2,1H3. The Balaban J connectivity index is 1.85. The van der Waals surface area contributed by atoms with Gasteiger partial charge in [-0.2, -0.15) is 11.8 Å². The van der Waals surface area contributed by atoms with Crippen molar-refractivity contribution in [3.05, 3.63) is 30.1 Å². The number of benzene rings is 1. The van der Waals surface area contributed by atoms with Crippen LogP contribution in [0.25, 0.3) is 11.0 Å². The maximum Gasteiger partial charge on any atom is 0.242 e. The van der Waals surface area contributed by atoms with E-state index in [1.807, 2.05) is 33.7 Å². The topological polar surface area (TPSA) is 64.2 Å². The van der Waals surface area contributed by atoms with Gasteiger partial charge in [0.25, 0.3) is 0 Å². The van der Waals surface area contributed by atoms with Crippen LogP contribution in [0.1, 0.15) is 18.7 Å². The van der Waals surface area contributed by atoms with E-state index in [2.05, 4.69) is 11.2 Å². The fraction of sp³-hybridized carbons (Fsp3) is 0.500. The highest BCUT2D eigenvalue weighted by molar-refractivity contribution is 7.97. The minimum Gasteiger partial charge on any atom is -0.340 e. The molecule has 1 aliphatic heterocycles. The van der Waals surface area contributed by atoms with Gasteiger partial charge in [0.05, 0.1) is 16.8 Å². The van der Waals surface area contributed by atoms with E-state index in [1.165, 1.54) is 0 Å². The second kappa shape index (κ2) is 6.71. The molecule has 1 aliphatic rings. The molecular formula is C16H22N4OS. The Morgan fingerprint density at radius 3 is 3.05 bits per heavy atom. The van der Waals surface area contributed by atoms with Crippen molar-refractivity contribution in [2.75, 3.05) is 19.3 Å². The predicted octanol–water partition coefficient (Wildman–Crippen LogP) is 1.85. The second-order valence-electron chi connectivity index (χ2n) is 5.78. The molecule has 0 aliphatic carbocycles. The molecule has 2 aromatic rings. The third-order valence-corrected chi connectivity index (χ3v) is 4.66. The van der Waals surface area contributed by atoms with Crippen LogP contribution in [0.4, 0.5) is 0 Å². The molecule has 1 unspecified atom stereocenters. The number of hydrogen-bond donors (Lipinski definition) is 1. The number of carbonyl (C=O) groups is 1. The number of likely N-dealkylation sites (tertiary alicyclic amines) is 1. The molecule has 1 saturated heterocycles. The van der Waals surface area contributed by atoms with Crippen molar-refractivity contribution < 1.29 is 4.79 Å². The van der Waals surface area contributed by atoms with Crippen LogP contribution in [0, 0.1) is 0 Å². The maximum absolute atomic E-state index is 12.6. The van der Waals surface area contributed by atoms with Crippen LogP contribution < -0.4 is 5.73 Å². The summed E-state index contributed by atoms with van der Waals surface area (Å²) >= 11 is 1.72. The average molecular weight is 318 g/mol. The summed E-state index contributed by atoms with van der Waals surface area (Å²) in [7, 11) is 0. The van der Waals surface area contributed by atoms with Crippen molar-refractivity contribution in [3.63, 3.8) is 0 Å². The highest BCUT2D eigenvalue weighted by Gasteiger charge is 2.22. The molecule has 22 heavy (non-hydrogen) atoms. The molecule has 0 bridgehead atoms. The number of aromatic nitrogens is 2. The lowest BCUT2D eigenvalue weighted by molar-refractivity contribution is -0.133. The smallest absolute Gasteiger partial charge is 0.242 e. The van der Waals surface area contributed by atoms with Gasteiger partial charge in [-0.25, -0.2) is 4.98 Å². The monoisotopic (exact) mass is 318 g/mol. The van der Waals surface area contributed by atoms with E-state index < -0.39 is 0 Å². The summed E-state index contributed by atoms with van der Waals surface area (Å²) in [4.78, 5) is 19.2. The van der Waals surface area contributed by atoms with Crippen molar-refractivity contribution in [3.8, 4) is 0 Å². The Morgan fingerprint density at radius 1 is 1.45 bits per heavy atom. The Hall–Kier alpha value is -1.53. The molecule has 2 N–H and O–H groups in total. The van der Waals surface area contributed by atoms with Crippen LogP contribution in [-0.4, -0.2) is 45.7 Å². The first-order valence-corrected chi connectivity index (χ1v) is 9.05. The lowest BCUT2D eigenvalue weighted by atomic mass is 10.1. The molecule has 5 nitrogen and oxygen atoms in total. The van der Waals surface area contributed by atoms with Gasteiger partial charge < -0.3 is 15.2 Å². The number of piperidine rings is 1. The summed E-state index contributed by atoms with van der Waals surface area (Å²) < 4.78 is 2.05. The molecule has 6 heteroatoms. The van der Waals surface area contributed by atoms with Crippen molar-refractivity contribution in [1.82, 2.24) is 14.5 Å².